The average Bonchev–Trinajstić information content (AvgIpc) is 2.98. The number of carbonyl (C=O) groups is 6. The number of hydrogen-bond acceptors (Lipinski definition) is 13. The van der Waals surface area contributed by atoms with E-state index in [0.29, 0.717) is 5.56 Å². The van der Waals surface area contributed by atoms with E-state index in [4.69, 9.17) is 18.5 Å². The SMILES string of the molecule is COC(=O)CCCC(=O)[C@@H]1CP(=O)(OCOC(=O)N[C@@H](CSC(=O)C(C)(C)C)C(=O)OCC(=O)c2ccccc2)OCC1(C)C. The lowest BCUT2D eigenvalue weighted by Crippen LogP contribution is -2.45. The van der Waals surface area contributed by atoms with Crippen molar-refractivity contribution in [2.24, 2.45) is 16.7 Å². The van der Waals surface area contributed by atoms with E-state index < -0.39 is 67.6 Å². The Labute approximate surface area is 267 Å². The van der Waals surface area contributed by atoms with E-state index in [0.717, 1.165) is 11.8 Å². The molecule has 13 nitrogen and oxygen atoms in total. The minimum atomic E-state index is -3.86. The summed E-state index contributed by atoms with van der Waals surface area (Å²) < 4.78 is 38.7. The van der Waals surface area contributed by atoms with Gasteiger partial charge in [0.15, 0.2) is 17.5 Å². The molecule has 15 heteroatoms. The highest BCUT2D eigenvalue weighted by Gasteiger charge is 2.47. The molecule has 1 aromatic rings. The summed E-state index contributed by atoms with van der Waals surface area (Å²) in [5.74, 6) is -2.97. The molecule has 1 aliphatic rings. The Kier molecular flexibility index (Phi) is 14.4. The molecule has 1 saturated heterocycles. The molecule has 0 aromatic heterocycles. The quantitative estimate of drug-likeness (QED) is 0.0903. The van der Waals surface area contributed by atoms with Crippen molar-refractivity contribution in [2.45, 2.75) is 59.9 Å². The number of amides is 1. The second kappa shape index (κ2) is 17.0. The van der Waals surface area contributed by atoms with Gasteiger partial charge >= 0.3 is 25.6 Å². The van der Waals surface area contributed by atoms with Crippen LogP contribution < -0.4 is 5.32 Å². The van der Waals surface area contributed by atoms with E-state index in [1.165, 1.54) is 7.11 Å². The first-order chi connectivity index (χ1) is 21.0. The van der Waals surface area contributed by atoms with Crippen LogP contribution in [0.2, 0.25) is 0 Å². The maximum absolute atomic E-state index is 13.3. The highest BCUT2D eigenvalue weighted by Crippen LogP contribution is 2.57. The van der Waals surface area contributed by atoms with Crippen molar-refractivity contribution >= 4 is 54.1 Å². The second-order valence-electron chi connectivity index (χ2n) is 12.1. The molecule has 1 heterocycles. The molecule has 1 fully saturated rings. The van der Waals surface area contributed by atoms with Gasteiger partial charge in [0.1, 0.15) is 11.8 Å². The van der Waals surface area contributed by atoms with E-state index in [1.54, 1.807) is 65.0 Å². The number of esters is 2. The average molecular weight is 672 g/mol. The van der Waals surface area contributed by atoms with Gasteiger partial charge in [-0.15, -0.1) is 0 Å². The van der Waals surface area contributed by atoms with Crippen LogP contribution in [-0.2, 0) is 47.0 Å². The molecule has 1 aliphatic heterocycles. The number of thioether (sulfide) groups is 1. The van der Waals surface area contributed by atoms with Crippen molar-refractivity contribution in [3.8, 4) is 0 Å². The van der Waals surface area contributed by atoms with E-state index in [2.05, 4.69) is 10.1 Å². The van der Waals surface area contributed by atoms with Gasteiger partial charge in [0.05, 0.1) is 19.9 Å². The summed E-state index contributed by atoms with van der Waals surface area (Å²) in [7, 11) is -2.60. The maximum atomic E-state index is 13.3. The predicted molar refractivity (Wildman–Crippen MR) is 165 cm³/mol. The maximum Gasteiger partial charge on any atom is 0.410 e. The number of alkyl carbamates (subject to hydrolysis) is 1. The van der Waals surface area contributed by atoms with Crippen LogP contribution in [0.4, 0.5) is 4.79 Å². The predicted octanol–water partition coefficient (Wildman–Crippen LogP) is 4.57. The molecule has 0 saturated carbocycles. The number of nitrogens with one attached hydrogen (secondary N) is 1. The number of ether oxygens (including phenoxy) is 3. The summed E-state index contributed by atoms with van der Waals surface area (Å²) in [6.07, 6.45) is -0.972. The first-order valence-corrected chi connectivity index (χ1v) is 17.0. The fourth-order valence-corrected chi connectivity index (χ4v) is 7.18. The molecule has 3 atom stereocenters. The minimum Gasteiger partial charge on any atom is -0.469 e. The number of ketones is 2. The van der Waals surface area contributed by atoms with Crippen molar-refractivity contribution in [3.63, 3.8) is 0 Å². The summed E-state index contributed by atoms with van der Waals surface area (Å²) in [6.45, 7) is 7.21. The number of carbonyl (C=O) groups excluding carboxylic acids is 6. The van der Waals surface area contributed by atoms with Crippen molar-refractivity contribution in [1.82, 2.24) is 5.32 Å². The van der Waals surface area contributed by atoms with Gasteiger partial charge in [-0.2, -0.15) is 0 Å². The van der Waals surface area contributed by atoms with Crippen LogP contribution in [0.3, 0.4) is 0 Å². The lowest BCUT2D eigenvalue weighted by molar-refractivity contribution is -0.144. The van der Waals surface area contributed by atoms with Crippen molar-refractivity contribution in [2.75, 3.05) is 39.0 Å². The summed E-state index contributed by atoms with van der Waals surface area (Å²) in [5, 5.41) is 2.05. The highest BCUT2D eigenvalue weighted by molar-refractivity contribution is 8.13. The Bertz CT molecular complexity index is 1280. The zero-order chi connectivity index (χ0) is 33.8. The number of benzene rings is 1. The third-order valence-electron chi connectivity index (χ3n) is 6.85. The second-order valence-corrected chi connectivity index (χ2v) is 15.2. The Morgan fingerprint density at radius 3 is 2.36 bits per heavy atom. The zero-order valence-corrected chi connectivity index (χ0v) is 28.2. The molecule has 250 valence electrons. The van der Waals surface area contributed by atoms with Crippen LogP contribution in [0.25, 0.3) is 0 Å². The fraction of sp³-hybridized carbons (Fsp3) is 0.600. The van der Waals surface area contributed by atoms with Crippen LogP contribution in [0.1, 0.15) is 64.2 Å². The molecule has 0 bridgehead atoms. The number of Topliss-reactive ketones (excluding diaryl/α,β-unsaturated/α-hetero) is 2. The van der Waals surface area contributed by atoms with Gasteiger partial charge in [-0.05, 0) is 11.8 Å². The Balaban J connectivity index is 1.97. The summed E-state index contributed by atoms with van der Waals surface area (Å²) in [6, 6.07) is 6.80. The van der Waals surface area contributed by atoms with Crippen molar-refractivity contribution < 1.29 is 56.6 Å². The standard InChI is InChI=1S/C30H42NO12PS/c1-29(2,3)27(36)45-17-22(26(35)40-15-24(33)20-11-8-7-9-12-20)31-28(37)41-19-43-44(38)16-21(30(4,5)18-42-44)23(32)13-10-14-25(34)39-6/h7-9,11-12,21-22H,10,13-19H2,1-6H3,(H,31,37)/t21-,22-,44?/m0/s1. The van der Waals surface area contributed by atoms with Gasteiger partial charge < -0.3 is 24.1 Å². The number of rotatable bonds is 15. The van der Waals surface area contributed by atoms with Crippen LogP contribution in [-0.4, -0.2) is 79.8 Å². The number of hydrogen-bond donors (Lipinski definition) is 1. The molecule has 0 radical (unpaired) electrons. The van der Waals surface area contributed by atoms with E-state index in [1.807, 2.05) is 0 Å². The highest BCUT2D eigenvalue weighted by atomic mass is 32.2. The molecule has 1 N–H and O–H groups in total. The van der Waals surface area contributed by atoms with Crippen LogP contribution in [0.5, 0.6) is 0 Å². The smallest absolute Gasteiger partial charge is 0.410 e. The molecule has 1 aromatic carbocycles. The van der Waals surface area contributed by atoms with Gasteiger partial charge in [-0.3, -0.25) is 28.3 Å². The molecule has 45 heavy (non-hydrogen) atoms. The summed E-state index contributed by atoms with van der Waals surface area (Å²) in [4.78, 5) is 74.5. The van der Waals surface area contributed by atoms with Gasteiger partial charge in [-0.1, -0.05) is 76.7 Å². The zero-order valence-electron chi connectivity index (χ0n) is 26.5. The topological polar surface area (TPSA) is 178 Å². The van der Waals surface area contributed by atoms with E-state index >= 15 is 0 Å². The van der Waals surface area contributed by atoms with Gasteiger partial charge in [0.25, 0.3) is 0 Å². The third kappa shape index (κ3) is 12.7. The van der Waals surface area contributed by atoms with Gasteiger partial charge in [-0.25, -0.2) is 9.59 Å². The van der Waals surface area contributed by atoms with Gasteiger partial charge in [0.2, 0.25) is 6.79 Å². The van der Waals surface area contributed by atoms with Gasteiger partial charge in [0, 0.05) is 35.5 Å². The first-order valence-electron chi connectivity index (χ1n) is 14.3. The Morgan fingerprint density at radius 2 is 1.73 bits per heavy atom. The van der Waals surface area contributed by atoms with Crippen molar-refractivity contribution in [1.29, 1.82) is 0 Å². The molecule has 0 spiro atoms. The van der Waals surface area contributed by atoms with Crippen LogP contribution in [0.15, 0.2) is 30.3 Å². The summed E-state index contributed by atoms with van der Waals surface area (Å²) >= 11 is 0.801. The largest absolute Gasteiger partial charge is 0.469 e. The monoisotopic (exact) mass is 671 g/mol. The first kappa shape index (κ1) is 38.1. The minimum absolute atomic E-state index is 0.0570. The lowest BCUT2D eigenvalue weighted by Gasteiger charge is -2.40. The van der Waals surface area contributed by atoms with E-state index in [-0.39, 0.29) is 48.7 Å². The van der Waals surface area contributed by atoms with Crippen molar-refractivity contribution in [3.05, 3.63) is 35.9 Å². The van der Waals surface area contributed by atoms with E-state index in [9.17, 15) is 33.3 Å². The molecular formula is C30H42NO12PS. The van der Waals surface area contributed by atoms with Crippen LogP contribution >= 0.6 is 19.4 Å². The molecule has 1 unspecified atom stereocenters. The third-order valence-corrected chi connectivity index (χ3v) is 10.1. The molecular weight excluding hydrogens is 629 g/mol. The van der Waals surface area contributed by atoms with Crippen LogP contribution in [0, 0.1) is 16.7 Å². The molecule has 2 rings (SSSR count). The Hall–Kier alpha value is -3.06. The normalized spacial score (nSPS) is 19.9. The summed E-state index contributed by atoms with van der Waals surface area (Å²) in [5.41, 5.74) is -1.05. The number of methoxy groups -OCH3 is 1. The molecule has 1 amide bonds. The molecule has 0 aliphatic carbocycles. The lowest BCUT2D eigenvalue weighted by atomic mass is 9.77. The Morgan fingerprint density at radius 1 is 1.07 bits per heavy atom. The fourth-order valence-electron chi connectivity index (χ4n) is 4.03.